The predicted molar refractivity (Wildman–Crippen MR) is 117 cm³/mol. The zero-order valence-electron chi connectivity index (χ0n) is 17.6. The summed E-state index contributed by atoms with van der Waals surface area (Å²) < 4.78 is 25.5. The maximum absolute atomic E-state index is 13.6. The number of aromatic nitrogens is 1. The Morgan fingerprint density at radius 1 is 1.17 bits per heavy atom. The molecule has 1 N–H and O–H groups in total. The number of aryl methyl sites for hydroxylation is 1. The molecule has 30 heavy (non-hydrogen) atoms. The minimum atomic E-state index is -0.277. The Morgan fingerprint density at radius 3 is 2.93 bits per heavy atom. The van der Waals surface area contributed by atoms with Crippen molar-refractivity contribution in [3.63, 3.8) is 0 Å². The molecular weight excluding hydrogens is 399 g/mol. The first kappa shape index (κ1) is 20.6. The summed E-state index contributed by atoms with van der Waals surface area (Å²) in [5.74, 6) is -0.277. The van der Waals surface area contributed by atoms with Crippen LogP contribution in [0.4, 0.5) is 4.39 Å². The maximum atomic E-state index is 13.6. The molecule has 2 atom stereocenters. The second-order valence-electron chi connectivity index (χ2n) is 9.20. The third kappa shape index (κ3) is 4.07. The van der Waals surface area contributed by atoms with E-state index in [1.54, 1.807) is 17.2 Å². The van der Waals surface area contributed by atoms with Gasteiger partial charge in [-0.25, -0.2) is 4.39 Å². The first-order chi connectivity index (χ1) is 14.7. The molecule has 0 bridgehead atoms. The molecule has 5 rings (SSSR count). The van der Waals surface area contributed by atoms with Crippen molar-refractivity contribution >= 4 is 11.3 Å². The number of hydrogen-bond acceptors (Lipinski definition) is 5. The van der Waals surface area contributed by atoms with Crippen LogP contribution in [-0.2, 0) is 34.3 Å². The molecule has 0 radical (unpaired) electrons. The van der Waals surface area contributed by atoms with Crippen molar-refractivity contribution in [3.8, 4) is 0 Å². The van der Waals surface area contributed by atoms with Crippen LogP contribution in [0.2, 0.25) is 0 Å². The molecule has 4 nitrogen and oxygen atoms in total. The Morgan fingerprint density at radius 2 is 2.10 bits per heavy atom. The zero-order valence-corrected chi connectivity index (χ0v) is 18.4. The van der Waals surface area contributed by atoms with Gasteiger partial charge in [0, 0.05) is 42.2 Å². The molecule has 1 aliphatic carbocycles. The summed E-state index contributed by atoms with van der Waals surface area (Å²) in [6, 6.07) is 3.42. The van der Waals surface area contributed by atoms with E-state index in [-0.39, 0.29) is 16.8 Å². The number of pyridine rings is 1. The van der Waals surface area contributed by atoms with Crippen molar-refractivity contribution in [1.82, 2.24) is 10.3 Å². The van der Waals surface area contributed by atoms with Gasteiger partial charge in [0.25, 0.3) is 0 Å². The van der Waals surface area contributed by atoms with Gasteiger partial charge in [0.15, 0.2) is 0 Å². The molecule has 1 spiro atoms. The summed E-state index contributed by atoms with van der Waals surface area (Å²) in [6.07, 6.45) is 10.2. The lowest BCUT2D eigenvalue weighted by Crippen LogP contribution is -2.49. The molecule has 2 saturated heterocycles. The van der Waals surface area contributed by atoms with Crippen molar-refractivity contribution in [2.24, 2.45) is 0 Å². The van der Waals surface area contributed by atoms with Gasteiger partial charge in [-0.05, 0) is 80.1 Å². The van der Waals surface area contributed by atoms with Gasteiger partial charge in [0.2, 0.25) is 0 Å². The van der Waals surface area contributed by atoms with Crippen LogP contribution < -0.4 is 5.32 Å². The van der Waals surface area contributed by atoms with Crippen molar-refractivity contribution < 1.29 is 13.9 Å². The highest BCUT2D eigenvalue weighted by molar-refractivity contribution is 7.10. The van der Waals surface area contributed by atoms with Gasteiger partial charge in [-0.1, -0.05) is 0 Å². The number of hydrogen-bond donors (Lipinski definition) is 1. The number of ether oxygens (including phenoxy) is 2. The number of nitrogens with zero attached hydrogens (tertiary/aromatic N) is 1. The lowest BCUT2D eigenvalue weighted by atomic mass is 9.68. The summed E-state index contributed by atoms with van der Waals surface area (Å²) in [6.45, 7) is 3.99. The van der Waals surface area contributed by atoms with E-state index in [4.69, 9.17) is 9.47 Å². The lowest BCUT2D eigenvalue weighted by molar-refractivity contribution is -0.109. The molecule has 0 aromatic carbocycles. The van der Waals surface area contributed by atoms with E-state index in [2.05, 4.69) is 15.7 Å². The largest absolute Gasteiger partial charge is 0.378 e. The molecular formula is C24H31FN2O2S. The maximum Gasteiger partial charge on any atom is 0.141 e. The van der Waals surface area contributed by atoms with Crippen LogP contribution in [-0.4, -0.2) is 37.0 Å². The molecule has 2 aliphatic heterocycles. The minimum absolute atomic E-state index is 0.0957. The highest BCUT2D eigenvalue weighted by atomic mass is 32.1. The molecule has 162 valence electrons. The molecule has 2 aromatic rings. The average Bonchev–Trinajstić information content (AvgIpc) is 3.39. The third-order valence-corrected chi connectivity index (χ3v) is 8.32. The quantitative estimate of drug-likeness (QED) is 0.683. The average molecular weight is 431 g/mol. The fourth-order valence-corrected chi connectivity index (χ4v) is 6.68. The zero-order chi connectivity index (χ0) is 20.4. The van der Waals surface area contributed by atoms with Crippen LogP contribution in [0.5, 0.6) is 0 Å². The summed E-state index contributed by atoms with van der Waals surface area (Å²) in [5, 5.41) is 6.07. The van der Waals surface area contributed by atoms with Gasteiger partial charge < -0.3 is 14.8 Å². The van der Waals surface area contributed by atoms with Crippen LogP contribution in [0.25, 0.3) is 0 Å². The van der Waals surface area contributed by atoms with E-state index in [0.717, 1.165) is 51.1 Å². The smallest absolute Gasteiger partial charge is 0.141 e. The molecule has 2 fully saturated rings. The van der Waals surface area contributed by atoms with Gasteiger partial charge in [-0.2, -0.15) is 0 Å². The molecule has 3 aliphatic rings. The molecule has 6 heteroatoms. The summed E-state index contributed by atoms with van der Waals surface area (Å²) in [7, 11) is 0. The standard InChI is InChI=1S/C24H31FN2O2S/c25-19-5-6-22(27-13-19)23(8-12-29-24(16-23)9-11-28-17-24)7-10-26-14-21-20-4-2-1-3-18(20)15-30-21/h5-6,13,15,26H,1-4,7-12,14,16-17H2/t23-,24-/m1/s1. The van der Waals surface area contributed by atoms with Gasteiger partial charge >= 0.3 is 0 Å². The van der Waals surface area contributed by atoms with E-state index in [1.165, 1.54) is 36.8 Å². The highest BCUT2D eigenvalue weighted by Gasteiger charge is 2.49. The van der Waals surface area contributed by atoms with Crippen molar-refractivity contribution in [3.05, 3.63) is 51.2 Å². The summed E-state index contributed by atoms with van der Waals surface area (Å²) in [5.41, 5.74) is 3.86. The van der Waals surface area contributed by atoms with Crippen LogP contribution in [0.15, 0.2) is 23.7 Å². The first-order valence-corrected chi connectivity index (χ1v) is 12.2. The summed E-state index contributed by atoms with van der Waals surface area (Å²) in [4.78, 5) is 6.02. The summed E-state index contributed by atoms with van der Waals surface area (Å²) >= 11 is 1.91. The molecule has 4 heterocycles. The lowest BCUT2D eigenvalue weighted by Gasteiger charge is -2.45. The number of rotatable bonds is 6. The first-order valence-electron chi connectivity index (χ1n) is 11.3. The van der Waals surface area contributed by atoms with Gasteiger partial charge in [-0.3, -0.25) is 4.98 Å². The predicted octanol–water partition coefficient (Wildman–Crippen LogP) is 4.55. The monoisotopic (exact) mass is 430 g/mol. The Balaban J connectivity index is 1.29. The second-order valence-corrected chi connectivity index (χ2v) is 10.2. The number of halogens is 1. The van der Waals surface area contributed by atoms with Gasteiger partial charge in [0.05, 0.1) is 18.4 Å². The third-order valence-electron chi connectivity index (χ3n) is 7.24. The molecule has 0 unspecified atom stereocenters. The number of nitrogens with one attached hydrogen (secondary N) is 1. The van der Waals surface area contributed by atoms with Crippen molar-refractivity contribution in [2.75, 3.05) is 26.4 Å². The van der Waals surface area contributed by atoms with Crippen LogP contribution >= 0.6 is 11.3 Å². The van der Waals surface area contributed by atoms with Crippen LogP contribution in [0.3, 0.4) is 0 Å². The van der Waals surface area contributed by atoms with Crippen LogP contribution in [0, 0.1) is 5.82 Å². The van der Waals surface area contributed by atoms with Crippen molar-refractivity contribution in [2.45, 2.75) is 68.9 Å². The Labute approximate surface area is 182 Å². The van der Waals surface area contributed by atoms with Gasteiger partial charge in [-0.15, -0.1) is 11.3 Å². The highest BCUT2D eigenvalue weighted by Crippen LogP contribution is 2.46. The molecule has 0 saturated carbocycles. The fourth-order valence-electron chi connectivity index (χ4n) is 5.58. The SMILES string of the molecule is Fc1ccc([C@]2(CCNCc3scc4c3CCCC4)CCO[C@]3(CCOC3)C2)nc1. The Kier molecular flexibility index (Phi) is 5.93. The normalized spacial score (nSPS) is 28.7. The van der Waals surface area contributed by atoms with E-state index < -0.39 is 0 Å². The fraction of sp³-hybridized carbons (Fsp3) is 0.625. The molecule has 2 aromatic heterocycles. The van der Waals surface area contributed by atoms with Gasteiger partial charge in [0.1, 0.15) is 5.82 Å². The number of thiophene rings is 1. The van der Waals surface area contributed by atoms with E-state index in [0.29, 0.717) is 13.2 Å². The molecule has 0 amide bonds. The second kappa shape index (κ2) is 8.65. The van der Waals surface area contributed by atoms with E-state index in [1.807, 2.05) is 17.4 Å². The van der Waals surface area contributed by atoms with Crippen LogP contribution in [0.1, 0.15) is 60.2 Å². The minimum Gasteiger partial charge on any atom is -0.378 e. The Bertz CT molecular complexity index is 863. The van der Waals surface area contributed by atoms with E-state index in [9.17, 15) is 4.39 Å². The van der Waals surface area contributed by atoms with Crippen molar-refractivity contribution in [1.29, 1.82) is 0 Å². The number of fused-ring (bicyclic) bond motifs is 1. The van der Waals surface area contributed by atoms with E-state index >= 15 is 0 Å². The Hall–Kier alpha value is -1.34. The topological polar surface area (TPSA) is 43.4 Å².